The summed E-state index contributed by atoms with van der Waals surface area (Å²) < 4.78 is 4.97. The lowest BCUT2D eigenvalue weighted by Crippen LogP contribution is -2.46. The van der Waals surface area contributed by atoms with E-state index in [0.717, 1.165) is 0 Å². The zero-order valence-corrected chi connectivity index (χ0v) is 11.7. The zero-order chi connectivity index (χ0) is 14.7. The van der Waals surface area contributed by atoms with Gasteiger partial charge in [0.1, 0.15) is 0 Å². The van der Waals surface area contributed by atoms with Gasteiger partial charge < -0.3 is 14.5 Å². The highest BCUT2D eigenvalue weighted by molar-refractivity contribution is 5.77. The molecule has 110 valence electrons. The highest BCUT2D eigenvalue weighted by Gasteiger charge is 2.31. The number of hydrogen-bond donors (Lipinski definition) is 1. The Bertz CT molecular complexity index is 500. The van der Waals surface area contributed by atoms with E-state index in [1.807, 2.05) is 6.92 Å². The number of likely N-dealkylation sites (tertiary alicyclic amines) is 1. The van der Waals surface area contributed by atoms with Gasteiger partial charge in [-0.3, -0.25) is 9.59 Å². The average Bonchev–Trinajstić information content (AvgIpc) is 2.81. The zero-order valence-electron chi connectivity index (χ0n) is 11.7. The van der Waals surface area contributed by atoms with Crippen LogP contribution in [0.4, 0.5) is 0 Å². The molecule has 20 heavy (non-hydrogen) atoms. The van der Waals surface area contributed by atoms with E-state index in [-0.39, 0.29) is 17.9 Å². The van der Waals surface area contributed by atoms with Crippen molar-refractivity contribution >= 4 is 11.9 Å². The molecule has 1 N–H and O–H groups in total. The molecule has 2 rings (SSSR count). The topological polar surface area (TPSA) is 96.5 Å². The smallest absolute Gasteiger partial charge is 0.306 e. The molecule has 2 unspecified atom stereocenters. The first-order chi connectivity index (χ1) is 9.47. The lowest BCUT2D eigenvalue weighted by Gasteiger charge is -2.36. The van der Waals surface area contributed by atoms with E-state index in [1.54, 1.807) is 11.8 Å². The minimum absolute atomic E-state index is 0.0113. The van der Waals surface area contributed by atoms with Crippen molar-refractivity contribution in [3.05, 3.63) is 11.7 Å². The Labute approximate surface area is 117 Å². The van der Waals surface area contributed by atoms with Crippen molar-refractivity contribution in [1.82, 2.24) is 15.0 Å². The van der Waals surface area contributed by atoms with Crippen LogP contribution in [-0.4, -0.2) is 44.6 Å². The number of rotatable bonds is 4. The Morgan fingerprint density at radius 1 is 1.50 bits per heavy atom. The molecular weight excluding hydrogens is 262 g/mol. The molecule has 1 aliphatic heterocycles. The number of carbonyl (C=O) groups excluding carboxylic acids is 1. The average molecular weight is 281 g/mol. The van der Waals surface area contributed by atoms with Gasteiger partial charge in [0.25, 0.3) is 0 Å². The van der Waals surface area contributed by atoms with Crippen molar-refractivity contribution in [2.45, 2.75) is 45.6 Å². The summed E-state index contributed by atoms with van der Waals surface area (Å²) in [6.07, 6.45) is 1.76. The number of aryl methyl sites for hydroxylation is 2. The van der Waals surface area contributed by atoms with Crippen LogP contribution in [0.1, 0.15) is 37.9 Å². The molecule has 1 aromatic rings. The van der Waals surface area contributed by atoms with Gasteiger partial charge in [-0.05, 0) is 26.7 Å². The van der Waals surface area contributed by atoms with Gasteiger partial charge in [-0.25, -0.2) is 0 Å². The second-order valence-electron chi connectivity index (χ2n) is 5.23. The van der Waals surface area contributed by atoms with Crippen molar-refractivity contribution in [1.29, 1.82) is 0 Å². The standard InChI is InChI=1S/C13H19N3O4/c1-8-7-10(13(18)19)5-6-16(8)12(17)4-3-11-14-9(2)15-20-11/h8,10H,3-7H2,1-2H3,(H,18,19). The van der Waals surface area contributed by atoms with Crippen LogP contribution in [0.15, 0.2) is 4.52 Å². The monoisotopic (exact) mass is 281 g/mol. The van der Waals surface area contributed by atoms with Gasteiger partial charge in [0, 0.05) is 25.4 Å². The molecule has 0 spiro atoms. The van der Waals surface area contributed by atoms with E-state index in [2.05, 4.69) is 10.1 Å². The van der Waals surface area contributed by atoms with Gasteiger partial charge in [-0.15, -0.1) is 0 Å². The third-order valence-corrected chi connectivity index (χ3v) is 3.67. The maximum absolute atomic E-state index is 12.2. The van der Waals surface area contributed by atoms with Gasteiger partial charge in [-0.2, -0.15) is 4.98 Å². The minimum Gasteiger partial charge on any atom is -0.481 e. The number of carbonyl (C=O) groups is 2. The summed E-state index contributed by atoms with van der Waals surface area (Å²) in [6.45, 7) is 4.12. The SMILES string of the molecule is Cc1noc(CCC(=O)N2CCC(C(=O)O)CC2C)n1. The second-order valence-corrected chi connectivity index (χ2v) is 5.23. The molecule has 7 nitrogen and oxygen atoms in total. The molecule has 7 heteroatoms. The highest BCUT2D eigenvalue weighted by atomic mass is 16.5. The fraction of sp³-hybridized carbons (Fsp3) is 0.692. The molecule has 1 aliphatic rings. The van der Waals surface area contributed by atoms with Crippen molar-refractivity contribution in [3.63, 3.8) is 0 Å². The lowest BCUT2D eigenvalue weighted by molar-refractivity contribution is -0.147. The van der Waals surface area contributed by atoms with Crippen LogP contribution in [0, 0.1) is 12.8 Å². The molecule has 0 saturated carbocycles. The van der Waals surface area contributed by atoms with Gasteiger partial charge in [0.15, 0.2) is 5.82 Å². The molecule has 0 aliphatic carbocycles. The van der Waals surface area contributed by atoms with Gasteiger partial charge in [-0.1, -0.05) is 5.16 Å². The fourth-order valence-corrected chi connectivity index (χ4v) is 2.57. The van der Waals surface area contributed by atoms with Gasteiger partial charge in [0.05, 0.1) is 5.92 Å². The van der Waals surface area contributed by atoms with Crippen LogP contribution in [0.3, 0.4) is 0 Å². The van der Waals surface area contributed by atoms with Gasteiger partial charge >= 0.3 is 5.97 Å². The number of nitrogens with zero attached hydrogens (tertiary/aromatic N) is 3. The second kappa shape index (κ2) is 6.02. The van der Waals surface area contributed by atoms with Gasteiger partial charge in [0.2, 0.25) is 11.8 Å². The quantitative estimate of drug-likeness (QED) is 0.885. The maximum atomic E-state index is 12.2. The Hall–Kier alpha value is -1.92. The summed E-state index contributed by atoms with van der Waals surface area (Å²) in [4.78, 5) is 28.9. The molecule has 0 aromatic carbocycles. The van der Waals surface area contributed by atoms with E-state index in [0.29, 0.717) is 43.9 Å². The molecule has 0 radical (unpaired) electrons. The Morgan fingerprint density at radius 2 is 2.25 bits per heavy atom. The van der Waals surface area contributed by atoms with Crippen molar-refractivity contribution in [3.8, 4) is 0 Å². The predicted molar refractivity (Wildman–Crippen MR) is 68.9 cm³/mol. The molecule has 0 bridgehead atoms. The van der Waals surface area contributed by atoms with Crippen molar-refractivity contribution in [2.75, 3.05) is 6.54 Å². The number of aliphatic carboxylic acids is 1. The summed E-state index contributed by atoms with van der Waals surface area (Å²) in [7, 11) is 0. The van der Waals surface area contributed by atoms with E-state index in [4.69, 9.17) is 9.63 Å². The summed E-state index contributed by atoms with van der Waals surface area (Å²) in [5.41, 5.74) is 0. The first-order valence-electron chi connectivity index (χ1n) is 6.79. The number of hydrogen-bond acceptors (Lipinski definition) is 5. The molecule has 2 heterocycles. The number of carboxylic acids is 1. The Kier molecular flexibility index (Phi) is 4.36. The maximum Gasteiger partial charge on any atom is 0.306 e. The van der Waals surface area contributed by atoms with E-state index in [1.165, 1.54) is 0 Å². The largest absolute Gasteiger partial charge is 0.481 e. The van der Waals surface area contributed by atoms with E-state index < -0.39 is 5.97 Å². The van der Waals surface area contributed by atoms with E-state index >= 15 is 0 Å². The van der Waals surface area contributed by atoms with Crippen LogP contribution in [0.25, 0.3) is 0 Å². The van der Waals surface area contributed by atoms with Crippen molar-refractivity contribution < 1.29 is 19.2 Å². The number of carboxylic acid groups (broad SMARTS) is 1. The predicted octanol–water partition coefficient (Wildman–Crippen LogP) is 1.02. The number of amides is 1. The Morgan fingerprint density at radius 3 is 2.80 bits per heavy atom. The Balaban J connectivity index is 1.85. The van der Waals surface area contributed by atoms with Crippen LogP contribution < -0.4 is 0 Å². The molecule has 1 amide bonds. The first-order valence-corrected chi connectivity index (χ1v) is 6.79. The molecular formula is C13H19N3O4. The van der Waals surface area contributed by atoms with Crippen LogP contribution in [0.5, 0.6) is 0 Å². The van der Waals surface area contributed by atoms with Crippen LogP contribution in [-0.2, 0) is 16.0 Å². The number of aromatic nitrogens is 2. The summed E-state index contributed by atoms with van der Waals surface area (Å²) in [5.74, 6) is -0.0814. The van der Waals surface area contributed by atoms with Crippen molar-refractivity contribution in [2.24, 2.45) is 5.92 Å². The van der Waals surface area contributed by atoms with E-state index in [9.17, 15) is 9.59 Å². The third kappa shape index (κ3) is 3.34. The third-order valence-electron chi connectivity index (χ3n) is 3.67. The summed E-state index contributed by atoms with van der Waals surface area (Å²) in [6, 6.07) is -0.0400. The normalized spacial score (nSPS) is 22.8. The molecule has 1 fully saturated rings. The van der Waals surface area contributed by atoms with Crippen LogP contribution >= 0.6 is 0 Å². The molecule has 2 atom stereocenters. The lowest BCUT2D eigenvalue weighted by atomic mass is 9.91. The summed E-state index contributed by atoms with van der Waals surface area (Å²) in [5, 5.41) is 12.7. The fourth-order valence-electron chi connectivity index (χ4n) is 2.57. The highest BCUT2D eigenvalue weighted by Crippen LogP contribution is 2.23. The summed E-state index contributed by atoms with van der Waals surface area (Å²) >= 11 is 0. The van der Waals surface area contributed by atoms with Crippen LogP contribution in [0.2, 0.25) is 0 Å². The number of piperidine rings is 1. The first kappa shape index (κ1) is 14.5. The molecule has 1 saturated heterocycles. The minimum atomic E-state index is -0.773. The molecule has 1 aromatic heterocycles.